The van der Waals surface area contributed by atoms with Crippen molar-refractivity contribution in [3.8, 4) is 11.1 Å². The standard InChI is InChI=1S/C26H30N2O6/c29-14-13-26(11-12-26)16-27-24(32)22(9-10-23(30)31)28-25(33)34-15-21-19-7-3-1-5-17(19)18-6-2-4-8-20(18)21/h1-8,21-22,29H,9-16H2,(H,27,32)(H,28,33)(H,30,31). The van der Waals surface area contributed by atoms with Crippen LogP contribution in [-0.2, 0) is 14.3 Å². The third-order valence-corrected chi connectivity index (χ3v) is 6.84. The number of amides is 2. The third kappa shape index (κ3) is 5.39. The van der Waals surface area contributed by atoms with Crippen LogP contribution in [0.2, 0.25) is 0 Å². The number of nitrogens with one attached hydrogen (secondary N) is 2. The maximum Gasteiger partial charge on any atom is 0.407 e. The highest BCUT2D eigenvalue weighted by Crippen LogP contribution is 2.48. The number of hydrogen-bond acceptors (Lipinski definition) is 5. The Bertz CT molecular complexity index is 1020. The number of ether oxygens (including phenoxy) is 1. The fourth-order valence-electron chi connectivity index (χ4n) is 4.65. The fourth-order valence-corrected chi connectivity index (χ4v) is 4.65. The minimum atomic E-state index is -1.05. The van der Waals surface area contributed by atoms with Gasteiger partial charge in [-0.2, -0.15) is 0 Å². The van der Waals surface area contributed by atoms with Gasteiger partial charge in [-0.3, -0.25) is 9.59 Å². The number of rotatable bonds is 11. The highest BCUT2D eigenvalue weighted by atomic mass is 16.5. The zero-order chi connectivity index (χ0) is 24.1. The molecular formula is C26H30N2O6. The van der Waals surface area contributed by atoms with Crippen LogP contribution in [0.1, 0.15) is 49.1 Å². The monoisotopic (exact) mass is 466 g/mol. The van der Waals surface area contributed by atoms with Gasteiger partial charge in [0.2, 0.25) is 5.91 Å². The lowest BCUT2D eigenvalue weighted by Gasteiger charge is -2.21. The second-order valence-corrected chi connectivity index (χ2v) is 9.15. The zero-order valence-corrected chi connectivity index (χ0v) is 19.0. The van der Waals surface area contributed by atoms with E-state index in [0.717, 1.165) is 35.1 Å². The molecule has 2 aliphatic carbocycles. The van der Waals surface area contributed by atoms with Gasteiger partial charge in [0.05, 0.1) is 0 Å². The van der Waals surface area contributed by atoms with E-state index in [0.29, 0.717) is 13.0 Å². The molecule has 0 radical (unpaired) electrons. The first-order chi connectivity index (χ1) is 16.4. The molecule has 2 aliphatic rings. The first-order valence-corrected chi connectivity index (χ1v) is 11.6. The number of carbonyl (C=O) groups is 3. The number of aliphatic hydroxyl groups excluding tert-OH is 1. The molecule has 8 nitrogen and oxygen atoms in total. The Kier molecular flexibility index (Phi) is 7.17. The van der Waals surface area contributed by atoms with Crippen molar-refractivity contribution >= 4 is 18.0 Å². The predicted octanol–water partition coefficient (Wildman–Crippen LogP) is 3.04. The number of carbonyl (C=O) groups excluding carboxylic acids is 2. The molecule has 2 amide bonds. The van der Waals surface area contributed by atoms with E-state index in [2.05, 4.69) is 10.6 Å². The highest BCUT2D eigenvalue weighted by molar-refractivity contribution is 5.86. The van der Waals surface area contributed by atoms with Gasteiger partial charge in [0, 0.05) is 25.5 Å². The summed E-state index contributed by atoms with van der Waals surface area (Å²) in [7, 11) is 0. The third-order valence-electron chi connectivity index (χ3n) is 6.84. The van der Waals surface area contributed by atoms with E-state index < -0.39 is 24.0 Å². The molecule has 1 atom stereocenters. The Hall–Kier alpha value is -3.39. The van der Waals surface area contributed by atoms with Crippen LogP contribution in [-0.4, -0.2) is 54.0 Å². The van der Waals surface area contributed by atoms with Crippen molar-refractivity contribution < 1.29 is 29.3 Å². The molecule has 1 saturated carbocycles. The maximum atomic E-state index is 12.7. The molecule has 4 rings (SSSR count). The van der Waals surface area contributed by atoms with Gasteiger partial charge in [0.25, 0.3) is 0 Å². The molecule has 0 spiro atoms. The molecule has 0 heterocycles. The largest absolute Gasteiger partial charge is 0.481 e. The zero-order valence-electron chi connectivity index (χ0n) is 19.0. The lowest BCUT2D eigenvalue weighted by molar-refractivity contribution is -0.137. The predicted molar refractivity (Wildman–Crippen MR) is 125 cm³/mol. The number of carboxylic acids is 1. The van der Waals surface area contributed by atoms with Crippen molar-refractivity contribution in [1.82, 2.24) is 10.6 Å². The molecule has 1 unspecified atom stereocenters. The molecule has 1 fully saturated rings. The summed E-state index contributed by atoms with van der Waals surface area (Å²) >= 11 is 0. The molecular weight excluding hydrogens is 436 g/mol. The van der Waals surface area contributed by atoms with E-state index in [1.54, 1.807) is 0 Å². The number of carboxylic acid groups (broad SMARTS) is 1. The van der Waals surface area contributed by atoms with Crippen LogP contribution >= 0.6 is 0 Å². The maximum absolute atomic E-state index is 12.7. The first kappa shape index (κ1) is 23.8. The van der Waals surface area contributed by atoms with Gasteiger partial charge < -0.3 is 25.6 Å². The molecule has 2 aromatic carbocycles. The van der Waals surface area contributed by atoms with Gasteiger partial charge in [-0.15, -0.1) is 0 Å². The SMILES string of the molecule is O=C(O)CCC(NC(=O)OCC1c2ccccc2-c2ccccc21)C(=O)NCC1(CCO)CC1. The van der Waals surface area contributed by atoms with Crippen molar-refractivity contribution in [2.45, 2.75) is 44.1 Å². The van der Waals surface area contributed by atoms with Crippen LogP contribution in [0.15, 0.2) is 48.5 Å². The number of hydrogen-bond donors (Lipinski definition) is 4. The van der Waals surface area contributed by atoms with Crippen LogP contribution in [0.3, 0.4) is 0 Å². The van der Waals surface area contributed by atoms with Gasteiger partial charge in [-0.25, -0.2) is 4.79 Å². The fraction of sp³-hybridized carbons (Fsp3) is 0.423. The van der Waals surface area contributed by atoms with Gasteiger partial charge >= 0.3 is 12.1 Å². The number of fused-ring (bicyclic) bond motifs is 3. The molecule has 4 N–H and O–H groups in total. The molecule has 34 heavy (non-hydrogen) atoms. The van der Waals surface area contributed by atoms with Crippen LogP contribution in [0.4, 0.5) is 4.79 Å². The molecule has 2 aromatic rings. The number of alkyl carbamates (subject to hydrolysis) is 1. The van der Waals surface area contributed by atoms with Crippen molar-refractivity contribution in [1.29, 1.82) is 0 Å². The summed E-state index contributed by atoms with van der Waals surface area (Å²) in [5, 5.41) is 23.6. The van der Waals surface area contributed by atoms with Gasteiger partial charge in [-0.05, 0) is 53.4 Å². The van der Waals surface area contributed by atoms with E-state index in [4.69, 9.17) is 9.84 Å². The Morgan fingerprint density at radius 1 is 1.03 bits per heavy atom. The van der Waals surface area contributed by atoms with Crippen molar-refractivity contribution in [3.63, 3.8) is 0 Å². The number of aliphatic hydroxyl groups is 1. The van der Waals surface area contributed by atoms with E-state index in [-0.39, 0.29) is 37.4 Å². The van der Waals surface area contributed by atoms with Crippen LogP contribution in [0.25, 0.3) is 11.1 Å². The minimum Gasteiger partial charge on any atom is -0.481 e. The quantitative estimate of drug-likeness (QED) is 0.403. The lowest BCUT2D eigenvalue weighted by atomic mass is 9.98. The summed E-state index contributed by atoms with van der Waals surface area (Å²) in [6.45, 7) is 0.547. The summed E-state index contributed by atoms with van der Waals surface area (Å²) in [5.74, 6) is -1.61. The van der Waals surface area contributed by atoms with Gasteiger partial charge in [0.15, 0.2) is 0 Å². The van der Waals surface area contributed by atoms with Crippen molar-refractivity contribution in [2.24, 2.45) is 5.41 Å². The average molecular weight is 467 g/mol. The van der Waals surface area contributed by atoms with E-state index in [1.807, 2.05) is 48.5 Å². The summed E-state index contributed by atoms with van der Waals surface area (Å²) < 4.78 is 5.51. The molecule has 0 bridgehead atoms. The molecule has 8 heteroatoms. The second kappa shape index (κ2) is 10.3. The molecule has 180 valence electrons. The minimum absolute atomic E-state index is 0.0433. The van der Waals surface area contributed by atoms with Crippen molar-refractivity contribution in [3.05, 3.63) is 59.7 Å². The summed E-state index contributed by atoms with van der Waals surface area (Å²) in [6, 6.07) is 15.0. The van der Waals surface area contributed by atoms with E-state index in [1.165, 1.54) is 0 Å². The first-order valence-electron chi connectivity index (χ1n) is 11.6. The lowest BCUT2D eigenvalue weighted by Crippen LogP contribution is -2.48. The number of benzene rings is 2. The Labute approximate surface area is 198 Å². The van der Waals surface area contributed by atoms with Crippen LogP contribution in [0, 0.1) is 5.41 Å². The summed E-state index contributed by atoms with van der Waals surface area (Å²) in [6.07, 6.45) is 1.39. The summed E-state index contributed by atoms with van der Waals surface area (Å²) in [4.78, 5) is 36.4. The smallest absolute Gasteiger partial charge is 0.407 e. The molecule has 0 saturated heterocycles. The van der Waals surface area contributed by atoms with E-state index >= 15 is 0 Å². The average Bonchev–Trinajstić information content (AvgIpc) is 3.53. The Morgan fingerprint density at radius 2 is 1.65 bits per heavy atom. The topological polar surface area (TPSA) is 125 Å². The van der Waals surface area contributed by atoms with Crippen LogP contribution < -0.4 is 10.6 Å². The second-order valence-electron chi connectivity index (χ2n) is 9.15. The molecule has 0 aliphatic heterocycles. The normalized spacial score (nSPS) is 16.1. The molecule has 0 aromatic heterocycles. The number of aliphatic carboxylic acids is 1. The Balaban J connectivity index is 1.37. The van der Waals surface area contributed by atoms with Crippen LogP contribution in [0.5, 0.6) is 0 Å². The highest BCUT2D eigenvalue weighted by Gasteiger charge is 2.42. The van der Waals surface area contributed by atoms with Gasteiger partial charge in [-0.1, -0.05) is 48.5 Å². The van der Waals surface area contributed by atoms with E-state index in [9.17, 15) is 19.5 Å². The Morgan fingerprint density at radius 3 is 2.21 bits per heavy atom. The summed E-state index contributed by atoms with van der Waals surface area (Å²) in [5.41, 5.74) is 4.29. The van der Waals surface area contributed by atoms with Gasteiger partial charge in [0.1, 0.15) is 12.6 Å². The van der Waals surface area contributed by atoms with Crippen molar-refractivity contribution in [2.75, 3.05) is 19.8 Å².